The highest BCUT2D eigenvalue weighted by Gasteiger charge is 2.17. The van der Waals surface area contributed by atoms with E-state index in [-0.39, 0.29) is 5.78 Å². The molecule has 3 aromatic rings. The van der Waals surface area contributed by atoms with Gasteiger partial charge in [-0.2, -0.15) is 0 Å². The Morgan fingerprint density at radius 2 is 2.10 bits per heavy atom. The quantitative estimate of drug-likeness (QED) is 0.689. The number of aryl methyl sites for hydroxylation is 2. The second-order valence-corrected chi connectivity index (χ2v) is 5.01. The van der Waals surface area contributed by atoms with Crippen LogP contribution in [0.3, 0.4) is 0 Å². The SMILES string of the molecule is CCCn1nncc1C(=O)c1cc(C)c2ccccc2n1. The third kappa shape index (κ3) is 2.42. The van der Waals surface area contributed by atoms with E-state index in [0.29, 0.717) is 17.9 Å². The van der Waals surface area contributed by atoms with E-state index in [1.165, 1.54) is 6.20 Å². The topological polar surface area (TPSA) is 60.7 Å². The Labute approximate surface area is 122 Å². The molecule has 0 saturated carbocycles. The van der Waals surface area contributed by atoms with Crippen molar-refractivity contribution in [3.63, 3.8) is 0 Å². The van der Waals surface area contributed by atoms with Crippen molar-refractivity contribution < 1.29 is 4.79 Å². The fourth-order valence-corrected chi connectivity index (χ4v) is 2.41. The van der Waals surface area contributed by atoms with Crippen LogP contribution >= 0.6 is 0 Å². The number of hydrogen-bond donors (Lipinski definition) is 0. The highest BCUT2D eigenvalue weighted by atomic mass is 16.1. The maximum atomic E-state index is 12.6. The van der Waals surface area contributed by atoms with Gasteiger partial charge in [0.25, 0.3) is 0 Å². The van der Waals surface area contributed by atoms with Gasteiger partial charge >= 0.3 is 0 Å². The molecule has 0 bridgehead atoms. The zero-order valence-corrected chi connectivity index (χ0v) is 12.1. The van der Waals surface area contributed by atoms with Crippen LogP contribution in [-0.4, -0.2) is 25.8 Å². The maximum absolute atomic E-state index is 12.6. The number of carbonyl (C=O) groups is 1. The van der Waals surface area contributed by atoms with Crippen molar-refractivity contribution >= 4 is 16.7 Å². The van der Waals surface area contributed by atoms with Gasteiger partial charge in [0.15, 0.2) is 0 Å². The lowest BCUT2D eigenvalue weighted by Gasteiger charge is -2.07. The van der Waals surface area contributed by atoms with Gasteiger partial charge in [-0.1, -0.05) is 30.3 Å². The molecule has 0 unspecified atom stereocenters. The molecule has 0 atom stereocenters. The van der Waals surface area contributed by atoms with Crippen molar-refractivity contribution in [1.82, 2.24) is 20.0 Å². The molecule has 0 fully saturated rings. The van der Waals surface area contributed by atoms with Crippen molar-refractivity contribution in [1.29, 1.82) is 0 Å². The molecule has 0 aliphatic heterocycles. The van der Waals surface area contributed by atoms with Gasteiger partial charge in [-0.05, 0) is 31.0 Å². The Hall–Kier alpha value is -2.56. The standard InChI is InChI=1S/C16H16N4O/c1-3-8-20-15(10-17-19-20)16(21)14-9-11(2)12-6-4-5-7-13(12)18-14/h4-7,9-10H,3,8H2,1-2H3. The Bertz CT molecular complexity index is 807. The zero-order chi connectivity index (χ0) is 14.8. The smallest absolute Gasteiger partial charge is 0.231 e. The van der Waals surface area contributed by atoms with Crippen LogP contribution in [0.15, 0.2) is 36.5 Å². The largest absolute Gasteiger partial charge is 0.285 e. The monoisotopic (exact) mass is 280 g/mol. The zero-order valence-electron chi connectivity index (χ0n) is 12.1. The van der Waals surface area contributed by atoms with E-state index < -0.39 is 0 Å². The molecule has 0 radical (unpaired) electrons. The van der Waals surface area contributed by atoms with Crippen molar-refractivity contribution in [3.8, 4) is 0 Å². The normalized spacial score (nSPS) is 11.0. The molecule has 2 aromatic heterocycles. The Balaban J connectivity index is 2.07. The summed E-state index contributed by atoms with van der Waals surface area (Å²) in [5.41, 5.74) is 2.79. The summed E-state index contributed by atoms with van der Waals surface area (Å²) in [5.74, 6) is -0.137. The molecule has 5 heteroatoms. The first-order valence-electron chi connectivity index (χ1n) is 7.00. The number of para-hydroxylation sites is 1. The lowest BCUT2D eigenvalue weighted by atomic mass is 10.1. The van der Waals surface area contributed by atoms with Crippen LogP contribution < -0.4 is 0 Å². The van der Waals surface area contributed by atoms with Crippen LogP contribution in [0.4, 0.5) is 0 Å². The maximum Gasteiger partial charge on any atom is 0.231 e. The Kier molecular flexibility index (Phi) is 3.48. The van der Waals surface area contributed by atoms with Gasteiger partial charge in [0.1, 0.15) is 11.4 Å². The first-order chi connectivity index (χ1) is 10.2. The number of carbonyl (C=O) groups excluding carboxylic acids is 1. The number of ketones is 1. The Morgan fingerprint density at radius 3 is 2.90 bits per heavy atom. The molecule has 5 nitrogen and oxygen atoms in total. The van der Waals surface area contributed by atoms with Crippen molar-refractivity contribution in [3.05, 3.63) is 53.5 Å². The lowest BCUT2D eigenvalue weighted by molar-refractivity contribution is 0.102. The molecule has 0 spiro atoms. The minimum absolute atomic E-state index is 0.137. The predicted molar refractivity (Wildman–Crippen MR) is 80.2 cm³/mol. The summed E-state index contributed by atoms with van der Waals surface area (Å²) in [4.78, 5) is 17.1. The number of benzene rings is 1. The summed E-state index contributed by atoms with van der Waals surface area (Å²) < 4.78 is 1.63. The molecule has 21 heavy (non-hydrogen) atoms. The molecule has 0 aliphatic rings. The molecule has 2 heterocycles. The number of hydrogen-bond acceptors (Lipinski definition) is 4. The van der Waals surface area contributed by atoms with E-state index in [1.807, 2.05) is 44.2 Å². The first kappa shape index (κ1) is 13.4. The van der Waals surface area contributed by atoms with Gasteiger partial charge < -0.3 is 0 Å². The van der Waals surface area contributed by atoms with E-state index in [2.05, 4.69) is 15.3 Å². The number of fused-ring (bicyclic) bond motifs is 1. The fourth-order valence-electron chi connectivity index (χ4n) is 2.41. The number of rotatable bonds is 4. The van der Waals surface area contributed by atoms with Crippen LogP contribution in [0.1, 0.15) is 35.1 Å². The number of nitrogens with zero attached hydrogens (tertiary/aromatic N) is 4. The van der Waals surface area contributed by atoms with Crippen molar-refractivity contribution in [2.75, 3.05) is 0 Å². The summed E-state index contributed by atoms with van der Waals surface area (Å²) >= 11 is 0. The summed E-state index contributed by atoms with van der Waals surface area (Å²) in [6.45, 7) is 4.70. The van der Waals surface area contributed by atoms with E-state index in [0.717, 1.165) is 22.9 Å². The fraction of sp³-hybridized carbons (Fsp3) is 0.250. The predicted octanol–water partition coefficient (Wildman–Crippen LogP) is 2.78. The van der Waals surface area contributed by atoms with E-state index in [9.17, 15) is 4.79 Å². The first-order valence-corrected chi connectivity index (χ1v) is 7.00. The lowest BCUT2D eigenvalue weighted by Crippen LogP contribution is -2.13. The van der Waals surface area contributed by atoms with Crippen molar-refractivity contribution in [2.45, 2.75) is 26.8 Å². The molecule has 0 aliphatic carbocycles. The van der Waals surface area contributed by atoms with Gasteiger partial charge in [0.05, 0.1) is 11.7 Å². The third-order valence-electron chi connectivity index (χ3n) is 3.44. The minimum Gasteiger partial charge on any atom is -0.285 e. The highest BCUT2D eigenvalue weighted by Crippen LogP contribution is 2.19. The van der Waals surface area contributed by atoms with Gasteiger partial charge in [-0.25, -0.2) is 9.67 Å². The van der Waals surface area contributed by atoms with Crippen LogP contribution in [0.25, 0.3) is 10.9 Å². The average Bonchev–Trinajstić information content (AvgIpc) is 2.95. The van der Waals surface area contributed by atoms with E-state index >= 15 is 0 Å². The Morgan fingerprint density at radius 1 is 1.29 bits per heavy atom. The highest BCUT2D eigenvalue weighted by molar-refractivity contribution is 6.07. The molecule has 106 valence electrons. The molecule has 0 N–H and O–H groups in total. The number of aromatic nitrogens is 4. The van der Waals surface area contributed by atoms with Crippen LogP contribution in [0.2, 0.25) is 0 Å². The van der Waals surface area contributed by atoms with Gasteiger partial charge in [-0.3, -0.25) is 4.79 Å². The van der Waals surface area contributed by atoms with Gasteiger partial charge in [0, 0.05) is 11.9 Å². The summed E-state index contributed by atoms with van der Waals surface area (Å²) in [7, 11) is 0. The second kappa shape index (κ2) is 5.44. The van der Waals surface area contributed by atoms with Crippen molar-refractivity contribution in [2.24, 2.45) is 0 Å². The average molecular weight is 280 g/mol. The molecule has 0 saturated heterocycles. The molecular weight excluding hydrogens is 264 g/mol. The third-order valence-corrected chi connectivity index (χ3v) is 3.44. The van der Waals surface area contributed by atoms with Gasteiger partial charge in [-0.15, -0.1) is 5.10 Å². The van der Waals surface area contributed by atoms with Crippen LogP contribution in [-0.2, 0) is 6.54 Å². The van der Waals surface area contributed by atoms with Crippen LogP contribution in [0, 0.1) is 6.92 Å². The summed E-state index contributed by atoms with van der Waals surface area (Å²) in [6, 6.07) is 9.65. The molecule has 1 aromatic carbocycles. The minimum atomic E-state index is -0.137. The van der Waals surface area contributed by atoms with E-state index in [4.69, 9.17) is 0 Å². The second-order valence-electron chi connectivity index (χ2n) is 5.01. The van der Waals surface area contributed by atoms with E-state index in [1.54, 1.807) is 4.68 Å². The van der Waals surface area contributed by atoms with Gasteiger partial charge in [0.2, 0.25) is 5.78 Å². The molecular formula is C16H16N4O. The molecule has 3 rings (SSSR count). The summed E-state index contributed by atoms with van der Waals surface area (Å²) in [5, 5.41) is 8.86. The summed E-state index contributed by atoms with van der Waals surface area (Å²) in [6.07, 6.45) is 2.40. The van der Waals surface area contributed by atoms with Crippen LogP contribution in [0.5, 0.6) is 0 Å². The molecule has 0 amide bonds. The number of pyridine rings is 1.